The van der Waals surface area contributed by atoms with Gasteiger partial charge in [-0.05, 0) is 35.6 Å². The Morgan fingerprint density at radius 2 is 1.87 bits per heavy atom. The predicted molar refractivity (Wildman–Crippen MR) is 62.1 cm³/mol. The Hall–Kier alpha value is -1.02. The summed E-state index contributed by atoms with van der Waals surface area (Å²) in [5.74, 6) is 1.39. The number of ether oxygens (including phenoxy) is 1. The van der Waals surface area contributed by atoms with E-state index in [0.29, 0.717) is 5.92 Å². The van der Waals surface area contributed by atoms with Crippen LogP contribution in [0.25, 0.3) is 0 Å². The van der Waals surface area contributed by atoms with E-state index in [1.807, 2.05) is 18.2 Å². The third kappa shape index (κ3) is 3.92. The van der Waals surface area contributed by atoms with E-state index in [1.165, 1.54) is 5.56 Å². The highest BCUT2D eigenvalue weighted by atomic mass is 16.5. The molecule has 0 amide bonds. The quantitative estimate of drug-likeness (QED) is 0.806. The Bertz CT molecular complexity index is 283. The molecule has 0 saturated heterocycles. The van der Waals surface area contributed by atoms with Crippen molar-refractivity contribution in [3.63, 3.8) is 0 Å². The summed E-state index contributed by atoms with van der Waals surface area (Å²) < 4.78 is 5.64. The molecule has 1 N–H and O–H groups in total. The second-order valence-electron chi connectivity index (χ2n) is 4.20. The average Bonchev–Trinajstić information content (AvgIpc) is 2.25. The summed E-state index contributed by atoms with van der Waals surface area (Å²) in [6.45, 7) is 7.14. The van der Waals surface area contributed by atoms with Gasteiger partial charge in [-0.2, -0.15) is 0 Å². The molecule has 2 nitrogen and oxygen atoms in total. The van der Waals surface area contributed by atoms with Gasteiger partial charge in [-0.1, -0.05) is 26.8 Å². The molecule has 0 bridgehead atoms. The Kier molecular flexibility index (Phi) is 4.63. The van der Waals surface area contributed by atoms with Gasteiger partial charge in [-0.15, -0.1) is 0 Å². The van der Waals surface area contributed by atoms with Crippen LogP contribution in [-0.4, -0.2) is 11.7 Å². The summed E-state index contributed by atoms with van der Waals surface area (Å²) in [4.78, 5) is 0. The minimum atomic E-state index is 0.0753. The molecule has 0 radical (unpaired) electrons. The molecule has 84 valence electrons. The van der Waals surface area contributed by atoms with Gasteiger partial charge in [0, 0.05) is 0 Å². The van der Waals surface area contributed by atoms with Crippen molar-refractivity contribution in [2.75, 3.05) is 6.61 Å². The monoisotopic (exact) mass is 208 g/mol. The molecule has 1 rings (SSSR count). The zero-order valence-electron chi connectivity index (χ0n) is 9.79. The van der Waals surface area contributed by atoms with E-state index in [1.54, 1.807) is 0 Å². The maximum absolute atomic E-state index is 9.10. The summed E-state index contributed by atoms with van der Waals surface area (Å²) in [7, 11) is 0. The second-order valence-corrected chi connectivity index (χ2v) is 4.20. The first-order chi connectivity index (χ1) is 7.15. The summed E-state index contributed by atoms with van der Waals surface area (Å²) in [5.41, 5.74) is 2.13. The van der Waals surface area contributed by atoms with Crippen molar-refractivity contribution in [3.8, 4) is 5.75 Å². The lowest BCUT2D eigenvalue weighted by atomic mass is 10.1. The number of hydrogen-bond acceptors (Lipinski definition) is 2. The van der Waals surface area contributed by atoms with Crippen molar-refractivity contribution in [3.05, 3.63) is 29.3 Å². The van der Waals surface area contributed by atoms with Gasteiger partial charge in [0.15, 0.2) is 0 Å². The second kappa shape index (κ2) is 5.76. The van der Waals surface area contributed by atoms with Gasteiger partial charge in [0.1, 0.15) is 5.75 Å². The maximum atomic E-state index is 9.10. The summed E-state index contributed by atoms with van der Waals surface area (Å²) in [6, 6.07) is 5.96. The largest absolute Gasteiger partial charge is 0.493 e. The summed E-state index contributed by atoms with van der Waals surface area (Å²) in [5, 5.41) is 9.10. The van der Waals surface area contributed by atoms with Gasteiger partial charge in [0.2, 0.25) is 0 Å². The topological polar surface area (TPSA) is 29.5 Å². The highest BCUT2D eigenvalue weighted by molar-refractivity contribution is 5.34. The lowest BCUT2D eigenvalue weighted by Gasteiger charge is -2.11. The standard InChI is InChI=1S/C13H20O2/c1-4-11-5-12(8-14)7-13(6-11)15-9-10(2)3/h5-7,10,14H,4,8-9H2,1-3H3. The highest BCUT2D eigenvalue weighted by Crippen LogP contribution is 2.18. The van der Waals surface area contributed by atoms with Crippen LogP contribution >= 0.6 is 0 Å². The van der Waals surface area contributed by atoms with Crippen molar-refractivity contribution in [1.82, 2.24) is 0 Å². The predicted octanol–water partition coefficient (Wildman–Crippen LogP) is 2.78. The molecule has 0 heterocycles. The third-order valence-corrected chi connectivity index (χ3v) is 2.20. The van der Waals surface area contributed by atoms with Crippen LogP contribution in [0.1, 0.15) is 31.9 Å². The Balaban J connectivity index is 2.77. The molecule has 0 aliphatic heterocycles. The zero-order valence-corrected chi connectivity index (χ0v) is 9.79. The SMILES string of the molecule is CCc1cc(CO)cc(OCC(C)C)c1. The van der Waals surface area contributed by atoms with Crippen molar-refractivity contribution in [2.45, 2.75) is 33.8 Å². The third-order valence-electron chi connectivity index (χ3n) is 2.20. The Morgan fingerprint density at radius 3 is 2.40 bits per heavy atom. The number of aliphatic hydroxyl groups is 1. The number of benzene rings is 1. The molecular weight excluding hydrogens is 188 g/mol. The fourth-order valence-electron chi connectivity index (χ4n) is 1.37. The number of aryl methyl sites for hydroxylation is 1. The van der Waals surface area contributed by atoms with E-state index in [0.717, 1.165) is 24.3 Å². The lowest BCUT2D eigenvalue weighted by Crippen LogP contribution is -2.05. The van der Waals surface area contributed by atoms with Crippen molar-refractivity contribution >= 4 is 0 Å². The van der Waals surface area contributed by atoms with Gasteiger partial charge in [-0.25, -0.2) is 0 Å². The first-order valence-electron chi connectivity index (χ1n) is 5.52. The molecule has 0 unspecified atom stereocenters. The van der Waals surface area contributed by atoms with Crippen LogP contribution in [0.3, 0.4) is 0 Å². The average molecular weight is 208 g/mol. The molecule has 0 spiro atoms. The minimum absolute atomic E-state index is 0.0753. The smallest absolute Gasteiger partial charge is 0.119 e. The molecule has 0 atom stereocenters. The van der Waals surface area contributed by atoms with Gasteiger partial charge in [0.25, 0.3) is 0 Å². The van der Waals surface area contributed by atoms with Gasteiger partial charge < -0.3 is 9.84 Å². The van der Waals surface area contributed by atoms with Crippen molar-refractivity contribution in [2.24, 2.45) is 5.92 Å². The van der Waals surface area contributed by atoms with Crippen LogP contribution in [0.5, 0.6) is 5.75 Å². The van der Waals surface area contributed by atoms with E-state index in [4.69, 9.17) is 9.84 Å². The molecule has 0 aliphatic carbocycles. The highest BCUT2D eigenvalue weighted by Gasteiger charge is 2.01. The Labute approximate surface area is 91.9 Å². The van der Waals surface area contributed by atoms with Crippen LogP contribution in [-0.2, 0) is 13.0 Å². The fourth-order valence-corrected chi connectivity index (χ4v) is 1.37. The molecular formula is C13H20O2. The van der Waals surface area contributed by atoms with Gasteiger partial charge in [-0.3, -0.25) is 0 Å². The van der Waals surface area contributed by atoms with Gasteiger partial charge >= 0.3 is 0 Å². The zero-order chi connectivity index (χ0) is 11.3. The van der Waals surface area contributed by atoms with Crippen LogP contribution < -0.4 is 4.74 Å². The number of hydrogen-bond donors (Lipinski definition) is 1. The molecule has 0 aliphatic rings. The van der Waals surface area contributed by atoms with Crippen LogP contribution in [0.15, 0.2) is 18.2 Å². The molecule has 2 heteroatoms. The van der Waals surface area contributed by atoms with Crippen molar-refractivity contribution < 1.29 is 9.84 Å². The lowest BCUT2D eigenvalue weighted by molar-refractivity contribution is 0.265. The minimum Gasteiger partial charge on any atom is -0.493 e. The van der Waals surface area contributed by atoms with E-state index in [9.17, 15) is 0 Å². The fraction of sp³-hybridized carbons (Fsp3) is 0.538. The summed E-state index contributed by atoms with van der Waals surface area (Å²) >= 11 is 0. The molecule has 1 aromatic carbocycles. The van der Waals surface area contributed by atoms with E-state index < -0.39 is 0 Å². The normalized spacial score (nSPS) is 10.7. The Morgan fingerprint density at radius 1 is 1.20 bits per heavy atom. The number of aliphatic hydroxyl groups excluding tert-OH is 1. The van der Waals surface area contributed by atoms with Crippen LogP contribution in [0, 0.1) is 5.92 Å². The number of rotatable bonds is 5. The van der Waals surface area contributed by atoms with Crippen molar-refractivity contribution in [1.29, 1.82) is 0 Å². The van der Waals surface area contributed by atoms with E-state index in [2.05, 4.69) is 20.8 Å². The molecule has 1 aromatic rings. The first-order valence-corrected chi connectivity index (χ1v) is 5.52. The molecule has 0 saturated carbocycles. The van der Waals surface area contributed by atoms with Gasteiger partial charge in [0.05, 0.1) is 13.2 Å². The van der Waals surface area contributed by atoms with Crippen LogP contribution in [0.4, 0.5) is 0 Å². The molecule has 0 aromatic heterocycles. The van der Waals surface area contributed by atoms with Crippen LogP contribution in [0.2, 0.25) is 0 Å². The summed E-state index contributed by atoms with van der Waals surface area (Å²) in [6.07, 6.45) is 0.964. The van der Waals surface area contributed by atoms with E-state index >= 15 is 0 Å². The molecule has 15 heavy (non-hydrogen) atoms. The van der Waals surface area contributed by atoms with E-state index in [-0.39, 0.29) is 6.61 Å². The molecule has 0 fully saturated rings. The maximum Gasteiger partial charge on any atom is 0.119 e. The first kappa shape index (κ1) is 12.1.